The van der Waals surface area contributed by atoms with Gasteiger partial charge in [0, 0.05) is 32.4 Å². The van der Waals surface area contributed by atoms with Crippen LogP contribution in [0.15, 0.2) is 12.3 Å². The molecule has 0 spiro atoms. The van der Waals surface area contributed by atoms with E-state index < -0.39 is 0 Å². The van der Waals surface area contributed by atoms with Crippen molar-refractivity contribution in [1.29, 1.82) is 0 Å². The lowest BCUT2D eigenvalue weighted by atomic mass is 9.97. The van der Waals surface area contributed by atoms with Crippen LogP contribution in [0, 0.1) is 12.8 Å². The second kappa shape index (κ2) is 6.16. The Hall–Kier alpha value is -1.13. The molecule has 0 bridgehead atoms. The molecule has 1 aromatic rings. The Morgan fingerprint density at radius 2 is 2.17 bits per heavy atom. The normalized spacial score (nSPS) is 17.2. The van der Waals surface area contributed by atoms with Gasteiger partial charge in [0.1, 0.15) is 5.82 Å². The van der Waals surface area contributed by atoms with Crippen molar-refractivity contribution in [2.24, 2.45) is 5.92 Å². The van der Waals surface area contributed by atoms with Crippen molar-refractivity contribution < 1.29 is 5.11 Å². The highest BCUT2D eigenvalue weighted by Gasteiger charge is 2.20. The number of nitrogens with one attached hydrogen (secondary N) is 1. The molecule has 2 N–H and O–H groups in total. The summed E-state index contributed by atoms with van der Waals surface area (Å²) in [6.45, 7) is 5.32. The van der Waals surface area contributed by atoms with E-state index in [2.05, 4.69) is 28.2 Å². The number of aliphatic hydroxyl groups excluding tert-OH is 1. The Morgan fingerprint density at radius 1 is 1.44 bits per heavy atom. The van der Waals surface area contributed by atoms with E-state index >= 15 is 0 Å². The molecule has 2 rings (SSSR count). The predicted octanol–water partition coefficient (Wildman–Crippen LogP) is 1.32. The van der Waals surface area contributed by atoms with Gasteiger partial charge in [-0.1, -0.05) is 0 Å². The van der Waals surface area contributed by atoms with E-state index in [1.54, 1.807) is 0 Å². The van der Waals surface area contributed by atoms with Gasteiger partial charge in [0.15, 0.2) is 0 Å². The fraction of sp³-hybridized carbons (Fsp3) is 0.643. The molecule has 0 radical (unpaired) electrons. The number of aromatic nitrogens is 1. The van der Waals surface area contributed by atoms with Crippen LogP contribution in [0.5, 0.6) is 0 Å². The Balaban J connectivity index is 2.05. The maximum Gasteiger partial charge on any atom is 0.131 e. The second-order valence-corrected chi connectivity index (χ2v) is 5.13. The standard InChI is InChI=1S/C14H23N3O/c1-11-7-13(8-15-2)9-16-14(11)17-5-3-12(10-18)4-6-17/h7,9,12,15,18H,3-6,8,10H2,1-2H3. The van der Waals surface area contributed by atoms with Gasteiger partial charge in [-0.15, -0.1) is 0 Å². The van der Waals surface area contributed by atoms with Crippen LogP contribution < -0.4 is 10.2 Å². The van der Waals surface area contributed by atoms with E-state index in [1.807, 2.05) is 13.2 Å². The largest absolute Gasteiger partial charge is 0.396 e. The molecule has 0 saturated carbocycles. The lowest BCUT2D eigenvalue weighted by Crippen LogP contribution is -2.35. The SMILES string of the molecule is CNCc1cnc(N2CCC(CO)CC2)c(C)c1. The molecule has 2 heterocycles. The lowest BCUT2D eigenvalue weighted by Gasteiger charge is -2.33. The van der Waals surface area contributed by atoms with E-state index in [0.717, 1.165) is 38.3 Å². The van der Waals surface area contributed by atoms with Crippen molar-refractivity contribution in [2.45, 2.75) is 26.3 Å². The number of pyridine rings is 1. The zero-order chi connectivity index (χ0) is 13.0. The molecule has 0 unspecified atom stereocenters. The van der Waals surface area contributed by atoms with Crippen molar-refractivity contribution in [3.05, 3.63) is 23.4 Å². The Morgan fingerprint density at radius 3 is 2.72 bits per heavy atom. The highest BCUT2D eigenvalue weighted by molar-refractivity contribution is 5.47. The Bertz CT molecular complexity index is 387. The van der Waals surface area contributed by atoms with Crippen molar-refractivity contribution in [3.63, 3.8) is 0 Å². The summed E-state index contributed by atoms with van der Waals surface area (Å²) >= 11 is 0. The Kier molecular flexibility index (Phi) is 4.55. The number of piperidine rings is 1. The molecule has 1 saturated heterocycles. The van der Waals surface area contributed by atoms with Gasteiger partial charge in [-0.2, -0.15) is 0 Å². The molecule has 0 aromatic carbocycles. The summed E-state index contributed by atoms with van der Waals surface area (Å²) in [7, 11) is 1.95. The summed E-state index contributed by atoms with van der Waals surface area (Å²) in [6.07, 6.45) is 4.09. The number of hydrogen-bond acceptors (Lipinski definition) is 4. The minimum Gasteiger partial charge on any atom is -0.396 e. The summed E-state index contributed by atoms with van der Waals surface area (Å²) in [6, 6.07) is 2.21. The average molecular weight is 249 g/mol. The first-order valence-electron chi connectivity index (χ1n) is 6.70. The van der Waals surface area contributed by atoms with Crippen LogP contribution in [0.3, 0.4) is 0 Å². The maximum atomic E-state index is 9.16. The summed E-state index contributed by atoms with van der Waals surface area (Å²) in [5.41, 5.74) is 2.47. The minimum atomic E-state index is 0.321. The van der Waals surface area contributed by atoms with E-state index in [1.165, 1.54) is 11.1 Å². The van der Waals surface area contributed by atoms with Gasteiger partial charge in [0.2, 0.25) is 0 Å². The van der Waals surface area contributed by atoms with E-state index in [-0.39, 0.29) is 0 Å². The number of aryl methyl sites for hydroxylation is 1. The Labute approximate surface area is 109 Å². The number of aliphatic hydroxyl groups is 1. The summed E-state index contributed by atoms with van der Waals surface area (Å²) < 4.78 is 0. The van der Waals surface area contributed by atoms with Gasteiger partial charge < -0.3 is 15.3 Å². The fourth-order valence-electron chi connectivity index (χ4n) is 2.58. The third-order valence-corrected chi connectivity index (χ3v) is 3.66. The van der Waals surface area contributed by atoms with Gasteiger partial charge in [-0.25, -0.2) is 4.98 Å². The topological polar surface area (TPSA) is 48.4 Å². The molecule has 4 nitrogen and oxygen atoms in total. The predicted molar refractivity (Wildman–Crippen MR) is 73.8 cm³/mol. The van der Waals surface area contributed by atoms with Crippen LogP contribution in [0.2, 0.25) is 0 Å². The molecule has 1 aliphatic heterocycles. The second-order valence-electron chi connectivity index (χ2n) is 5.13. The van der Waals surface area contributed by atoms with Crippen LogP contribution in [-0.4, -0.2) is 36.8 Å². The van der Waals surface area contributed by atoms with Crippen LogP contribution in [-0.2, 0) is 6.54 Å². The molecule has 100 valence electrons. The van der Waals surface area contributed by atoms with Crippen LogP contribution >= 0.6 is 0 Å². The van der Waals surface area contributed by atoms with Crippen LogP contribution in [0.25, 0.3) is 0 Å². The minimum absolute atomic E-state index is 0.321. The van der Waals surface area contributed by atoms with Crippen molar-refractivity contribution in [3.8, 4) is 0 Å². The zero-order valence-corrected chi connectivity index (χ0v) is 11.3. The van der Waals surface area contributed by atoms with E-state index in [9.17, 15) is 0 Å². The van der Waals surface area contributed by atoms with Gasteiger partial charge >= 0.3 is 0 Å². The molecular weight excluding hydrogens is 226 g/mol. The molecule has 0 amide bonds. The molecule has 0 atom stereocenters. The highest BCUT2D eigenvalue weighted by atomic mass is 16.3. The number of nitrogens with zero attached hydrogens (tertiary/aromatic N) is 2. The smallest absolute Gasteiger partial charge is 0.131 e. The van der Waals surface area contributed by atoms with Crippen molar-refractivity contribution >= 4 is 5.82 Å². The fourth-order valence-corrected chi connectivity index (χ4v) is 2.58. The summed E-state index contributed by atoms with van der Waals surface area (Å²) in [5.74, 6) is 1.58. The molecule has 1 aromatic heterocycles. The first-order valence-corrected chi connectivity index (χ1v) is 6.70. The van der Waals surface area contributed by atoms with Gasteiger partial charge in [-0.05, 0) is 49.9 Å². The highest BCUT2D eigenvalue weighted by Crippen LogP contribution is 2.24. The first-order chi connectivity index (χ1) is 8.74. The van der Waals surface area contributed by atoms with Gasteiger partial charge in [-0.3, -0.25) is 0 Å². The van der Waals surface area contributed by atoms with Crippen molar-refractivity contribution in [1.82, 2.24) is 10.3 Å². The lowest BCUT2D eigenvalue weighted by molar-refractivity contribution is 0.202. The third kappa shape index (κ3) is 3.00. The monoisotopic (exact) mass is 249 g/mol. The first kappa shape index (κ1) is 13.3. The number of rotatable bonds is 4. The number of hydrogen-bond donors (Lipinski definition) is 2. The van der Waals surface area contributed by atoms with Crippen LogP contribution in [0.4, 0.5) is 5.82 Å². The number of anilines is 1. The zero-order valence-electron chi connectivity index (χ0n) is 11.3. The molecule has 1 aliphatic rings. The van der Waals surface area contributed by atoms with E-state index in [4.69, 9.17) is 5.11 Å². The van der Waals surface area contributed by atoms with Crippen molar-refractivity contribution in [2.75, 3.05) is 31.6 Å². The van der Waals surface area contributed by atoms with Gasteiger partial charge in [0.05, 0.1) is 0 Å². The van der Waals surface area contributed by atoms with Gasteiger partial charge in [0.25, 0.3) is 0 Å². The van der Waals surface area contributed by atoms with Crippen LogP contribution in [0.1, 0.15) is 24.0 Å². The summed E-state index contributed by atoms with van der Waals surface area (Å²) in [4.78, 5) is 6.93. The third-order valence-electron chi connectivity index (χ3n) is 3.66. The molecule has 0 aliphatic carbocycles. The van der Waals surface area contributed by atoms with E-state index in [0.29, 0.717) is 12.5 Å². The molecule has 4 heteroatoms. The quantitative estimate of drug-likeness (QED) is 0.845. The maximum absolute atomic E-state index is 9.16. The molecule has 18 heavy (non-hydrogen) atoms. The summed E-state index contributed by atoms with van der Waals surface area (Å²) in [5, 5.41) is 12.3. The molecular formula is C14H23N3O. The average Bonchev–Trinajstić information content (AvgIpc) is 2.40. The molecule has 1 fully saturated rings.